The first-order valence-electron chi connectivity index (χ1n) is 7.31. The van der Waals surface area contributed by atoms with Crippen molar-refractivity contribution in [2.24, 2.45) is 0 Å². The van der Waals surface area contributed by atoms with Gasteiger partial charge in [-0.2, -0.15) is 0 Å². The van der Waals surface area contributed by atoms with Gasteiger partial charge in [0, 0.05) is 11.8 Å². The summed E-state index contributed by atoms with van der Waals surface area (Å²) in [6, 6.07) is 12.7. The number of hydrogen-bond acceptors (Lipinski definition) is 5. The van der Waals surface area contributed by atoms with Crippen molar-refractivity contribution in [3.05, 3.63) is 65.2 Å². The van der Waals surface area contributed by atoms with Crippen molar-refractivity contribution in [3.63, 3.8) is 0 Å². The zero-order chi connectivity index (χ0) is 17.9. The van der Waals surface area contributed by atoms with Crippen LogP contribution in [-0.2, 0) is 14.6 Å². The molecule has 0 saturated carbocycles. The average Bonchev–Trinajstić information content (AvgIpc) is 2.54. The standard InChI is InChI=1S/C18H18O5S/c1-12-8-10-14(11-9-12)17(19)13(2)23-18(20)15-6-4-5-7-16(15)24(3,21)22/h4-11,13H,1-3H3/t13-/m0/s1. The van der Waals surface area contributed by atoms with Crippen LogP contribution in [0.25, 0.3) is 0 Å². The van der Waals surface area contributed by atoms with Gasteiger partial charge in [0.05, 0.1) is 10.5 Å². The molecule has 0 saturated heterocycles. The summed E-state index contributed by atoms with van der Waals surface area (Å²) in [5.41, 5.74) is 1.36. The highest BCUT2D eigenvalue weighted by Gasteiger charge is 2.24. The van der Waals surface area contributed by atoms with Gasteiger partial charge in [-0.1, -0.05) is 42.0 Å². The fourth-order valence-corrected chi connectivity index (χ4v) is 3.07. The molecule has 2 rings (SSSR count). The van der Waals surface area contributed by atoms with Gasteiger partial charge < -0.3 is 4.74 Å². The topological polar surface area (TPSA) is 77.5 Å². The number of carbonyl (C=O) groups is 2. The van der Waals surface area contributed by atoms with Gasteiger partial charge in [-0.05, 0) is 26.0 Å². The zero-order valence-electron chi connectivity index (χ0n) is 13.6. The molecule has 126 valence electrons. The van der Waals surface area contributed by atoms with Gasteiger partial charge in [0.25, 0.3) is 0 Å². The molecule has 6 heteroatoms. The normalized spacial score (nSPS) is 12.5. The predicted octanol–water partition coefficient (Wildman–Crippen LogP) is 2.83. The number of ketones is 1. The van der Waals surface area contributed by atoms with E-state index in [-0.39, 0.29) is 16.2 Å². The summed E-state index contributed by atoms with van der Waals surface area (Å²) in [5.74, 6) is -1.19. The van der Waals surface area contributed by atoms with Crippen molar-refractivity contribution < 1.29 is 22.7 Å². The van der Waals surface area contributed by atoms with Crippen molar-refractivity contribution in [1.82, 2.24) is 0 Å². The summed E-state index contributed by atoms with van der Waals surface area (Å²) in [6.07, 6.45) is -0.00665. The van der Waals surface area contributed by atoms with Crippen molar-refractivity contribution in [1.29, 1.82) is 0 Å². The fourth-order valence-electron chi connectivity index (χ4n) is 2.19. The minimum atomic E-state index is -3.58. The molecule has 0 fully saturated rings. The number of carbonyl (C=O) groups excluding carboxylic acids is 2. The van der Waals surface area contributed by atoms with E-state index in [4.69, 9.17) is 4.74 Å². The first kappa shape index (κ1) is 17.9. The highest BCUT2D eigenvalue weighted by atomic mass is 32.2. The quantitative estimate of drug-likeness (QED) is 0.614. The van der Waals surface area contributed by atoms with E-state index in [9.17, 15) is 18.0 Å². The molecule has 0 spiro atoms. The summed E-state index contributed by atoms with van der Waals surface area (Å²) in [7, 11) is -3.58. The van der Waals surface area contributed by atoms with Gasteiger partial charge in [-0.15, -0.1) is 0 Å². The molecule has 0 unspecified atom stereocenters. The van der Waals surface area contributed by atoms with E-state index in [1.807, 2.05) is 6.92 Å². The Labute approximate surface area is 141 Å². The molecule has 0 amide bonds. The molecule has 5 nitrogen and oxygen atoms in total. The Hall–Kier alpha value is -2.47. The number of esters is 1. The molecule has 0 aromatic heterocycles. The number of ether oxygens (including phenoxy) is 1. The van der Waals surface area contributed by atoms with Gasteiger partial charge in [0.15, 0.2) is 15.9 Å². The van der Waals surface area contributed by atoms with E-state index >= 15 is 0 Å². The summed E-state index contributed by atoms with van der Waals surface area (Å²) in [4.78, 5) is 24.5. The summed E-state index contributed by atoms with van der Waals surface area (Å²) < 4.78 is 28.7. The van der Waals surface area contributed by atoms with E-state index in [1.165, 1.54) is 31.2 Å². The van der Waals surface area contributed by atoms with E-state index < -0.39 is 21.9 Å². The fraction of sp³-hybridized carbons (Fsp3) is 0.222. The van der Waals surface area contributed by atoms with Crippen LogP contribution in [0.4, 0.5) is 0 Å². The maximum absolute atomic E-state index is 12.3. The third kappa shape index (κ3) is 4.08. The van der Waals surface area contributed by atoms with Gasteiger partial charge in [-0.3, -0.25) is 4.79 Å². The molecular weight excluding hydrogens is 328 g/mol. The lowest BCUT2D eigenvalue weighted by Gasteiger charge is -2.14. The molecule has 0 aliphatic heterocycles. The Morgan fingerprint density at radius 2 is 1.58 bits per heavy atom. The van der Waals surface area contributed by atoms with E-state index in [2.05, 4.69) is 0 Å². The maximum atomic E-state index is 12.3. The lowest BCUT2D eigenvalue weighted by molar-refractivity contribution is 0.0315. The van der Waals surface area contributed by atoms with Crippen molar-refractivity contribution in [2.45, 2.75) is 24.8 Å². The molecule has 0 bridgehead atoms. The monoisotopic (exact) mass is 346 g/mol. The minimum absolute atomic E-state index is 0.0800. The SMILES string of the molecule is Cc1ccc(C(=O)[C@H](C)OC(=O)c2ccccc2S(C)(=O)=O)cc1. The van der Waals surface area contributed by atoms with Gasteiger partial charge in [0.1, 0.15) is 0 Å². The summed E-state index contributed by atoms with van der Waals surface area (Å²) in [5, 5.41) is 0. The molecule has 1 atom stereocenters. The maximum Gasteiger partial charge on any atom is 0.340 e. The number of Topliss-reactive ketones (excluding diaryl/α,β-unsaturated/α-hetero) is 1. The van der Waals surface area contributed by atoms with Crippen LogP contribution in [0.5, 0.6) is 0 Å². The zero-order valence-corrected chi connectivity index (χ0v) is 14.5. The van der Waals surface area contributed by atoms with Crippen LogP contribution in [0.3, 0.4) is 0 Å². The highest BCUT2D eigenvalue weighted by molar-refractivity contribution is 7.90. The Morgan fingerprint density at radius 3 is 2.17 bits per heavy atom. The largest absolute Gasteiger partial charge is 0.451 e. The molecular formula is C18H18O5S. The first-order valence-corrected chi connectivity index (χ1v) is 9.20. The molecule has 2 aromatic rings. The molecule has 0 aliphatic rings. The van der Waals surface area contributed by atoms with E-state index in [0.29, 0.717) is 5.56 Å². The van der Waals surface area contributed by atoms with Crippen LogP contribution >= 0.6 is 0 Å². The van der Waals surface area contributed by atoms with Crippen LogP contribution in [-0.4, -0.2) is 32.5 Å². The third-order valence-electron chi connectivity index (χ3n) is 3.50. The van der Waals surface area contributed by atoms with Crippen LogP contribution < -0.4 is 0 Å². The van der Waals surface area contributed by atoms with Crippen LogP contribution in [0.1, 0.15) is 33.2 Å². The van der Waals surface area contributed by atoms with Crippen LogP contribution in [0.15, 0.2) is 53.4 Å². The Bertz CT molecular complexity index is 867. The highest BCUT2D eigenvalue weighted by Crippen LogP contribution is 2.18. The smallest absolute Gasteiger partial charge is 0.340 e. The molecule has 0 heterocycles. The first-order chi connectivity index (χ1) is 11.2. The Kier molecular flexibility index (Phi) is 5.19. The molecule has 0 aliphatic carbocycles. The van der Waals surface area contributed by atoms with Crippen molar-refractivity contribution >= 4 is 21.6 Å². The van der Waals surface area contributed by atoms with E-state index in [1.54, 1.807) is 24.3 Å². The van der Waals surface area contributed by atoms with Crippen LogP contribution in [0.2, 0.25) is 0 Å². The third-order valence-corrected chi connectivity index (χ3v) is 4.65. The summed E-state index contributed by atoms with van der Waals surface area (Å²) >= 11 is 0. The lowest BCUT2D eigenvalue weighted by atomic mass is 10.1. The van der Waals surface area contributed by atoms with Gasteiger partial charge in [0.2, 0.25) is 5.78 Å². The number of sulfone groups is 1. The number of aryl methyl sites for hydroxylation is 1. The van der Waals surface area contributed by atoms with E-state index in [0.717, 1.165) is 11.8 Å². The molecule has 0 radical (unpaired) electrons. The average molecular weight is 346 g/mol. The summed E-state index contributed by atoms with van der Waals surface area (Å²) in [6.45, 7) is 3.36. The van der Waals surface area contributed by atoms with Crippen molar-refractivity contribution in [2.75, 3.05) is 6.26 Å². The molecule has 24 heavy (non-hydrogen) atoms. The Morgan fingerprint density at radius 1 is 1.00 bits per heavy atom. The van der Waals surface area contributed by atoms with Gasteiger partial charge >= 0.3 is 5.97 Å². The lowest BCUT2D eigenvalue weighted by Crippen LogP contribution is -2.25. The second kappa shape index (κ2) is 6.97. The van der Waals surface area contributed by atoms with Crippen LogP contribution in [0, 0.1) is 6.92 Å². The second-order valence-corrected chi connectivity index (χ2v) is 7.53. The Balaban J connectivity index is 2.21. The number of rotatable bonds is 5. The predicted molar refractivity (Wildman–Crippen MR) is 89.9 cm³/mol. The van der Waals surface area contributed by atoms with Crippen molar-refractivity contribution in [3.8, 4) is 0 Å². The molecule has 2 aromatic carbocycles. The number of hydrogen-bond donors (Lipinski definition) is 0. The minimum Gasteiger partial charge on any atom is -0.451 e. The molecule has 0 N–H and O–H groups in total. The number of benzene rings is 2. The second-order valence-electron chi connectivity index (χ2n) is 5.55. The van der Waals surface area contributed by atoms with Gasteiger partial charge in [-0.25, -0.2) is 13.2 Å².